The molecule has 1 amide bonds. The van der Waals surface area contributed by atoms with E-state index in [1.54, 1.807) is 0 Å². The summed E-state index contributed by atoms with van der Waals surface area (Å²) in [6.45, 7) is 3.01. The molecule has 0 saturated carbocycles. The first-order valence-corrected chi connectivity index (χ1v) is 6.82. The highest BCUT2D eigenvalue weighted by Crippen LogP contribution is 2.25. The fourth-order valence-corrected chi connectivity index (χ4v) is 2.05. The first kappa shape index (κ1) is 18.2. The van der Waals surface area contributed by atoms with Crippen LogP contribution in [0.1, 0.15) is 25.8 Å². The quantitative estimate of drug-likeness (QED) is 0.832. The molecule has 0 saturated heterocycles. The minimum absolute atomic E-state index is 0.230. The van der Waals surface area contributed by atoms with Gasteiger partial charge in [-0.2, -0.15) is 13.2 Å². The Morgan fingerprint density at radius 2 is 2.05 bits per heavy atom. The van der Waals surface area contributed by atoms with Crippen molar-refractivity contribution in [2.24, 2.45) is 5.92 Å². The van der Waals surface area contributed by atoms with E-state index in [-0.39, 0.29) is 12.5 Å². The van der Waals surface area contributed by atoms with Crippen LogP contribution in [0.3, 0.4) is 0 Å². The number of amides is 1. The van der Waals surface area contributed by atoms with Gasteiger partial charge in [-0.1, -0.05) is 13.8 Å². The lowest BCUT2D eigenvalue weighted by Crippen LogP contribution is -2.42. The van der Waals surface area contributed by atoms with Gasteiger partial charge in [-0.3, -0.25) is 9.59 Å². The second kappa shape index (κ2) is 7.44. The summed E-state index contributed by atoms with van der Waals surface area (Å²) >= 11 is 0. The van der Waals surface area contributed by atoms with Crippen molar-refractivity contribution in [1.29, 1.82) is 0 Å². The number of nitrogens with one attached hydrogen (secondary N) is 1. The van der Waals surface area contributed by atoms with E-state index in [9.17, 15) is 22.8 Å². The number of aliphatic hydroxyl groups excluding tert-OH is 1. The smallest absolute Gasteiger partial charge is 0.394 e. The van der Waals surface area contributed by atoms with E-state index < -0.39 is 35.8 Å². The van der Waals surface area contributed by atoms with Gasteiger partial charge in [-0.05, 0) is 24.5 Å². The van der Waals surface area contributed by atoms with Crippen LogP contribution in [0.15, 0.2) is 23.1 Å². The maximum atomic E-state index is 12.6. The normalized spacial score (nSPS) is 13.2. The zero-order chi connectivity index (χ0) is 16.9. The number of carbonyl (C=O) groups excluding carboxylic acids is 1. The second-order valence-electron chi connectivity index (χ2n) is 5.43. The van der Waals surface area contributed by atoms with Gasteiger partial charge in [0, 0.05) is 6.20 Å². The van der Waals surface area contributed by atoms with Crippen LogP contribution in [0.4, 0.5) is 13.2 Å². The van der Waals surface area contributed by atoms with E-state index in [1.807, 2.05) is 13.8 Å². The van der Waals surface area contributed by atoms with Crippen LogP contribution in [0.25, 0.3) is 0 Å². The van der Waals surface area contributed by atoms with Crippen molar-refractivity contribution in [2.75, 3.05) is 6.61 Å². The summed E-state index contributed by atoms with van der Waals surface area (Å²) in [7, 11) is 0. The number of hydrogen-bond donors (Lipinski definition) is 2. The predicted molar refractivity (Wildman–Crippen MR) is 74.2 cm³/mol. The van der Waals surface area contributed by atoms with Crippen molar-refractivity contribution in [3.63, 3.8) is 0 Å². The summed E-state index contributed by atoms with van der Waals surface area (Å²) in [6, 6.07) is 1.25. The van der Waals surface area contributed by atoms with E-state index >= 15 is 0 Å². The standard InChI is InChI=1S/C14H19F3N2O3/c1-9(2)6-10(8-20)18-12(21)7-19-5-3-4-11(13(19)22)14(15,16)17/h3-5,9-10,20H,6-8H2,1-2H3,(H,18,21). The van der Waals surface area contributed by atoms with Gasteiger partial charge in [-0.25, -0.2) is 0 Å². The van der Waals surface area contributed by atoms with Crippen LogP contribution in [0.5, 0.6) is 0 Å². The van der Waals surface area contributed by atoms with E-state index in [1.165, 1.54) is 0 Å². The number of halogens is 3. The Bertz CT molecular complexity index is 567. The Labute approximate surface area is 125 Å². The molecule has 1 atom stereocenters. The highest BCUT2D eigenvalue weighted by Gasteiger charge is 2.34. The van der Waals surface area contributed by atoms with Gasteiger partial charge in [0.25, 0.3) is 5.56 Å². The molecule has 0 radical (unpaired) electrons. The third-order valence-corrected chi connectivity index (χ3v) is 2.98. The summed E-state index contributed by atoms with van der Waals surface area (Å²) in [6.07, 6.45) is -3.12. The van der Waals surface area contributed by atoms with Gasteiger partial charge in [-0.15, -0.1) is 0 Å². The lowest BCUT2D eigenvalue weighted by Gasteiger charge is -2.18. The maximum Gasteiger partial charge on any atom is 0.421 e. The van der Waals surface area contributed by atoms with E-state index in [0.29, 0.717) is 17.1 Å². The Morgan fingerprint density at radius 3 is 2.55 bits per heavy atom. The first-order valence-electron chi connectivity index (χ1n) is 6.82. The van der Waals surface area contributed by atoms with Gasteiger partial charge in [0.05, 0.1) is 12.6 Å². The molecular formula is C14H19F3N2O3. The number of nitrogens with zero attached hydrogens (tertiary/aromatic N) is 1. The summed E-state index contributed by atoms with van der Waals surface area (Å²) < 4.78 is 38.6. The fourth-order valence-electron chi connectivity index (χ4n) is 2.05. The lowest BCUT2D eigenvalue weighted by atomic mass is 10.0. The zero-order valence-electron chi connectivity index (χ0n) is 12.4. The molecule has 0 aromatic carbocycles. The van der Waals surface area contributed by atoms with Crippen LogP contribution >= 0.6 is 0 Å². The Morgan fingerprint density at radius 1 is 1.41 bits per heavy atom. The molecule has 0 spiro atoms. The number of aromatic nitrogens is 1. The van der Waals surface area contributed by atoms with Gasteiger partial charge in [0.15, 0.2) is 0 Å². The monoisotopic (exact) mass is 320 g/mol. The number of pyridine rings is 1. The highest BCUT2D eigenvalue weighted by molar-refractivity contribution is 5.76. The Hall–Kier alpha value is -1.83. The van der Waals surface area contributed by atoms with Gasteiger partial charge < -0.3 is 15.0 Å². The SMILES string of the molecule is CC(C)CC(CO)NC(=O)Cn1cccc(C(F)(F)F)c1=O. The molecule has 1 aromatic heterocycles. The van der Waals surface area contributed by atoms with E-state index in [0.717, 1.165) is 12.3 Å². The molecular weight excluding hydrogens is 301 g/mol. The molecule has 0 aliphatic rings. The summed E-state index contributed by atoms with van der Waals surface area (Å²) in [5, 5.41) is 11.7. The average molecular weight is 320 g/mol. The van der Waals surface area contributed by atoms with Crippen molar-refractivity contribution in [3.05, 3.63) is 34.2 Å². The first-order chi connectivity index (χ1) is 10.1. The number of rotatable bonds is 6. The lowest BCUT2D eigenvalue weighted by molar-refractivity contribution is -0.139. The maximum absolute atomic E-state index is 12.6. The predicted octanol–water partition coefficient (Wildman–Crippen LogP) is 1.39. The fraction of sp³-hybridized carbons (Fsp3) is 0.571. The van der Waals surface area contributed by atoms with E-state index in [4.69, 9.17) is 5.11 Å². The summed E-state index contributed by atoms with van der Waals surface area (Å²) in [4.78, 5) is 23.5. The number of aliphatic hydroxyl groups is 1. The molecule has 1 heterocycles. The molecule has 0 bridgehead atoms. The van der Waals surface area contributed by atoms with Crippen LogP contribution in [-0.2, 0) is 17.5 Å². The van der Waals surface area contributed by atoms with Crippen LogP contribution in [-0.4, -0.2) is 28.2 Å². The third kappa shape index (κ3) is 5.18. The second-order valence-corrected chi connectivity index (χ2v) is 5.43. The van der Waals surface area contributed by atoms with Crippen molar-refractivity contribution in [3.8, 4) is 0 Å². The largest absolute Gasteiger partial charge is 0.421 e. The number of carbonyl (C=O) groups is 1. The third-order valence-electron chi connectivity index (χ3n) is 2.98. The molecule has 124 valence electrons. The molecule has 22 heavy (non-hydrogen) atoms. The molecule has 0 aliphatic carbocycles. The Balaban J connectivity index is 2.83. The number of alkyl halides is 3. The summed E-state index contributed by atoms with van der Waals surface area (Å²) in [5.74, 6) is -0.394. The van der Waals surface area contributed by atoms with Crippen LogP contribution in [0.2, 0.25) is 0 Å². The molecule has 1 unspecified atom stereocenters. The van der Waals surface area contributed by atoms with Crippen LogP contribution < -0.4 is 10.9 Å². The van der Waals surface area contributed by atoms with Crippen molar-refractivity contribution >= 4 is 5.91 Å². The Kier molecular flexibility index (Phi) is 6.16. The topological polar surface area (TPSA) is 71.3 Å². The van der Waals surface area contributed by atoms with Crippen molar-refractivity contribution in [2.45, 2.75) is 39.0 Å². The van der Waals surface area contributed by atoms with Crippen molar-refractivity contribution in [1.82, 2.24) is 9.88 Å². The van der Waals surface area contributed by atoms with Crippen LogP contribution in [0, 0.1) is 5.92 Å². The molecule has 1 rings (SSSR count). The molecule has 5 nitrogen and oxygen atoms in total. The molecule has 8 heteroatoms. The van der Waals surface area contributed by atoms with Gasteiger partial charge >= 0.3 is 6.18 Å². The molecule has 1 aromatic rings. The van der Waals surface area contributed by atoms with Gasteiger partial charge in [0.1, 0.15) is 12.1 Å². The van der Waals surface area contributed by atoms with E-state index in [2.05, 4.69) is 5.32 Å². The highest BCUT2D eigenvalue weighted by atomic mass is 19.4. The zero-order valence-corrected chi connectivity index (χ0v) is 12.4. The number of hydrogen-bond acceptors (Lipinski definition) is 3. The average Bonchev–Trinajstić information content (AvgIpc) is 2.38. The minimum Gasteiger partial charge on any atom is -0.394 e. The van der Waals surface area contributed by atoms with Gasteiger partial charge in [0.2, 0.25) is 5.91 Å². The molecule has 0 aliphatic heterocycles. The molecule has 0 fully saturated rings. The summed E-state index contributed by atoms with van der Waals surface area (Å²) in [5.41, 5.74) is -2.58. The van der Waals surface area contributed by atoms with Crippen molar-refractivity contribution < 1.29 is 23.1 Å². The minimum atomic E-state index is -4.76. The molecule has 2 N–H and O–H groups in total.